The molecule has 0 saturated carbocycles. The van der Waals surface area contributed by atoms with Crippen LogP contribution in [0.1, 0.15) is 58.1 Å². The number of hydrogen-bond donors (Lipinski definition) is 1. The maximum absolute atomic E-state index is 13.4. The van der Waals surface area contributed by atoms with Gasteiger partial charge in [-0.15, -0.1) is 0 Å². The van der Waals surface area contributed by atoms with Gasteiger partial charge in [0, 0.05) is 18.9 Å². The van der Waals surface area contributed by atoms with Crippen LogP contribution in [0.2, 0.25) is 36.3 Å². The minimum atomic E-state index is -2.36. The van der Waals surface area contributed by atoms with Gasteiger partial charge in [0.25, 0.3) is 5.91 Å². The van der Waals surface area contributed by atoms with E-state index >= 15 is 0 Å². The highest BCUT2D eigenvalue weighted by Gasteiger charge is 2.52. The van der Waals surface area contributed by atoms with Gasteiger partial charge in [-0.1, -0.05) is 59.7 Å². The zero-order valence-corrected chi connectivity index (χ0v) is 29.0. The highest BCUT2D eigenvalue weighted by Crippen LogP contribution is 2.43. The molecule has 1 aromatic heterocycles. The Morgan fingerprint density at radius 3 is 2.14 bits per heavy atom. The van der Waals surface area contributed by atoms with Crippen LogP contribution >= 0.6 is 0 Å². The van der Waals surface area contributed by atoms with Gasteiger partial charge in [-0.05, 0) is 54.5 Å². The van der Waals surface area contributed by atoms with Crippen LogP contribution in [-0.4, -0.2) is 70.9 Å². The minimum Gasteiger partial charge on any atom is -0.414 e. The van der Waals surface area contributed by atoms with Gasteiger partial charge in [0.15, 0.2) is 22.9 Å². The first-order valence-electron chi connectivity index (χ1n) is 14.4. The van der Waals surface area contributed by atoms with Crippen LogP contribution in [0.3, 0.4) is 0 Å². The lowest BCUT2D eigenvalue weighted by atomic mass is 10.1. The fourth-order valence-electron chi connectivity index (χ4n) is 4.02. The molecule has 234 valence electrons. The zero-order valence-electron chi connectivity index (χ0n) is 27.0. The molecule has 4 atom stereocenters. The SMILES string of the molecule is COCO[C@H]1[C@@H](O[Si](C)(C)C(C)(C)C)[C@H](n2ccc(NC(=O)c3ccccc3)nc2=O)O[C@@H]1CO[Si](C)(C)C(C)(C)C. The first-order chi connectivity index (χ1) is 19.4. The standard InChI is InChI=1S/C30H49N3O7Si2/c1-29(2,3)41(8,9)38-19-22-24(37-20-36-7)25(40-42(10,11)30(4,5)6)27(39-22)33-18-17-23(32-28(33)35)31-26(34)21-15-13-12-14-16-21/h12-18,22,24-25,27H,19-20H2,1-11H3,(H,31,32,34,35)/t22-,24-,25-,27-/m1/s1. The number of anilines is 1. The molecule has 0 radical (unpaired) electrons. The number of rotatable bonds is 11. The lowest BCUT2D eigenvalue weighted by Gasteiger charge is -2.40. The number of methoxy groups -OCH3 is 1. The van der Waals surface area contributed by atoms with Crippen molar-refractivity contribution >= 4 is 28.4 Å². The number of ether oxygens (including phenoxy) is 3. The van der Waals surface area contributed by atoms with Crippen molar-refractivity contribution in [3.05, 3.63) is 58.6 Å². The number of nitrogens with zero attached hydrogens (tertiary/aromatic N) is 2. The van der Waals surface area contributed by atoms with Crippen LogP contribution in [0, 0.1) is 0 Å². The summed E-state index contributed by atoms with van der Waals surface area (Å²) >= 11 is 0. The molecule has 0 aliphatic carbocycles. The van der Waals surface area contributed by atoms with E-state index in [0.29, 0.717) is 5.56 Å². The van der Waals surface area contributed by atoms with Crippen LogP contribution in [0.4, 0.5) is 5.82 Å². The summed E-state index contributed by atoms with van der Waals surface area (Å²) in [5.41, 5.74) is -0.112. The summed E-state index contributed by atoms with van der Waals surface area (Å²) in [6, 6.07) is 10.3. The monoisotopic (exact) mass is 619 g/mol. The number of amides is 1. The average molecular weight is 620 g/mol. The lowest BCUT2D eigenvalue weighted by Crippen LogP contribution is -2.51. The molecule has 1 saturated heterocycles. The molecule has 12 heteroatoms. The summed E-state index contributed by atoms with van der Waals surface area (Å²) in [7, 11) is -2.91. The van der Waals surface area contributed by atoms with E-state index in [1.165, 1.54) is 4.57 Å². The predicted molar refractivity (Wildman–Crippen MR) is 169 cm³/mol. The highest BCUT2D eigenvalue weighted by atomic mass is 28.4. The third-order valence-corrected chi connectivity index (χ3v) is 17.7. The fourth-order valence-corrected chi connectivity index (χ4v) is 6.32. The van der Waals surface area contributed by atoms with Gasteiger partial charge in [-0.3, -0.25) is 9.36 Å². The van der Waals surface area contributed by atoms with Crippen molar-refractivity contribution in [1.82, 2.24) is 9.55 Å². The van der Waals surface area contributed by atoms with E-state index < -0.39 is 46.9 Å². The minimum absolute atomic E-state index is 0.00576. The van der Waals surface area contributed by atoms with Crippen molar-refractivity contribution < 1.29 is 27.9 Å². The Bertz CT molecular complexity index is 1260. The van der Waals surface area contributed by atoms with Gasteiger partial charge >= 0.3 is 5.69 Å². The zero-order chi connectivity index (χ0) is 31.5. The van der Waals surface area contributed by atoms with Crippen molar-refractivity contribution in [1.29, 1.82) is 0 Å². The summed E-state index contributed by atoms with van der Waals surface area (Å²) in [6.07, 6.45) is -0.949. The summed E-state index contributed by atoms with van der Waals surface area (Å²) < 4.78 is 32.9. The van der Waals surface area contributed by atoms with Gasteiger partial charge in [-0.25, -0.2) is 4.79 Å². The molecular weight excluding hydrogens is 571 g/mol. The van der Waals surface area contributed by atoms with Gasteiger partial charge in [0.05, 0.1) is 6.61 Å². The van der Waals surface area contributed by atoms with E-state index in [0.717, 1.165) is 0 Å². The molecule has 42 heavy (non-hydrogen) atoms. The molecule has 1 amide bonds. The number of aromatic nitrogens is 2. The molecule has 0 bridgehead atoms. The Morgan fingerprint density at radius 1 is 0.976 bits per heavy atom. The third kappa shape index (κ3) is 8.04. The third-order valence-electron chi connectivity index (χ3n) is 8.70. The van der Waals surface area contributed by atoms with Gasteiger partial charge in [-0.2, -0.15) is 4.98 Å². The highest BCUT2D eigenvalue weighted by molar-refractivity contribution is 6.74. The maximum Gasteiger partial charge on any atom is 0.351 e. The molecule has 1 fully saturated rings. The quantitative estimate of drug-likeness (QED) is 0.249. The summed E-state index contributed by atoms with van der Waals surface area (Å²) in [5, 5.41) is 2.60. The number of benzene rings is 1. The lowest BCUT2D eigenvalue weighted by molar-refractivity contribution is -0.117. The molecule has 2 aromatic rings. The van der Waals surface area contributed by atoms with Crippen molar-refractivity contribution in [2.45, 2.75) is 102 Å². The summed E-state index contributed by atoms with van der Waals surface area (Å²) in [5.74, 6) is -0.206. The van der Waals surface area contributed by atoms with Crippen LogP contribution in [0.15, 0.2) is 47.4 Å². The Hall–Kier alpha value is -2.20. The van der Waals surface area contributed by atoms with Crippen LogP contribution < -0.4 is 11.0 Å². The molecule has 0 unspecified atom stereocenters. The van der Waals surface area contributed by atoms with Crippen molar-refractivity contribution in [2.24, 2.45) is 0 Å². The second kappa shape index (κ2) is 13.2. The molecule has 2 heterocycles. The number of hydrogen-bond acceptors (Lipinski definition) is 8. The molecule has 1 aliphatic heterocycles. The molecule has 3 rings (SSSR count). The topological polar surface area (TPSA) is 110 Å². The second-order valence-electron chi connectivity index (χ2n) is 13.8. The largest absolute Gasteiger partial charge is 0.414 e. The molecule has 0 spiro atoms. The Morgan fingerprint density at radius 2 is 1.60 bits per heavy atom. The van der Waals surface area contributed by atoms with E-state index in [9.17, 15) is 9.59 Å². The number of carbonyl (C=O) groups excluding carboxylic acids is 1. The van der Waals surface area contributed by atoms with Crippen LogP contribution in [0.5, 0.6) is 0 Å². The Labute approximate surface area is 252 Å². The van der Waals surface area contributed by atoms with E-state index in [1.807, 2.05) is 6.07 Å². The molecule has 1 aliphatic rings. The van der Waals surface area contributed by atoms with Crippen LogP contribution in [0.25, 0.3) is 0 Å². The predicted octanol–water partition coefficient (Wildman–Crippen LogP) is 5.79. The van der Waals surface area contributed by atoms with E-state index in [4.69, 9.17) is 23.1 Å². The molecule has 10 nitrogen and oxygen atoms in total. The molecule has 1 N–H and O–H groups in total. The normalized spacial score (nSPS) is 21.9. The van der Waals surface area contributed by atoms with E-state index in [1.54, 1.807) is 43.6 Å². The first kappa shape index (κ1) is 34.3. The van der Waals surface area contributed by atoms with Crippen LogP contribution in [-0.2, 0) is 23.1 Å². The van der Waals surface area contributed by atoms with Gasteiger partial charge in [0.1, 0.15) is 30.9 Å². The molecule has 1 aromatic carbocycles. The second-order valence-corrected chi connectivity index (χ2v) is 23.4. The fraction of sp³-hybridized carbons (Fsp3) is 0.633. The number of carbonyl (C=O) groups is 1. The molecular formula is C30H49N3O7Si2. The van der Waals surface area contributed by atoms with Crippen molar-refractivity contribution in [3.63, 3.8) is 0 Å². The van der Waals surface area contributed by atoms with Crippen molar-refractivity contribution in [2.75, 3.05) is 25.8 Å². The summed E-state index contributed by atoms with van der Waals surface area (Å²) in [4.78, 5) is 30.2. The van der Waals surface area contributed by atoms with E-state index in [-0.39, 0.29) is 35.2 Å². The van der Waals surface area contributed by atoms with E-state index in [2.05, 4.69) is 78.0 Å². The van der Waals surface area contributed by atoms with Gasteiger partial charge < -0.3 is 28.4 Å². The first-order valence-corrected chi connectivity index (χ1v) is 20.2. The smallest absolute Gasteiger partial charge is 0.351 e. The Kier molecular flexibility index (Phi) is 10.8. The summed E-state index contributed by atoms with van der Waals surface area (Å²) in [6.45, 7) is 22.0. The Balaban J connectivity index is 1.97. The van der Waals surface area contributed by atoms with Crippen molar-refractivity contribution in [3.8, 4) is 0 Å². The van der Waals surface area contributed by atoms with Gasteiger partial charge in [0.2, 0.25) is 0 Å². The number of nitrogens with one attached hydrogen (secondary N) is 1. The average Bonchev–Trinajstić information content (AvgIpc) is 3.21. The maximum atomic E-state index is 13.4.